The van der Waals surface area contributed by atoms with Gasteiger partial charge in [-0.15, -0.1) is 0 Å². The lowest BCUT2D eigenvalue weighted by Crippen LogP contribution is -2.11. The molecule has 0 amide bonds. The van der Waals surface area contributed by atoms with Gasteiger partial charge in [-0.05, 0) is 12.1 Å². The highest BCUT2D eigenvalue weighted by Crippen LogP contribution is 2.34. The van der Waals surface area contributed by atoms with Crippen LogP contribution in [0.4, 0.5) is 10.3 Å². The zero-order chi connectivity index (χ0) is 13.1. The third-order valence-corrected chi connectivity index (χ3v) is 2.77. The minimum atomic E-state index is -0.745. The number of hydrazine groups is 1. The summed E-state index contributed by atoms with van der Waals surface area (Å²) in [5, 5.41) is 0.459. The van der Waals surface area contributed by atoms with Crippen LogP contribution < -0.4 is 16.0 Å². The molecule has 0 spiro atoms. The quantitative estimate of drug-likeness (QED) is 0.671. The zero-order valence-electron chi connectivity index (χ0n) is 8.82. The second kappa shape index (κ2) is 5.34. The number of ether oxygens (including phenoxy) is 1. The number of hydrogen-bond donors (Lipinski definition) is 2. The van der Waals surface area contributed by atoms with Crippen LogP contribution in [0.1, 0.15) is 0 Å². The van der Waals surface area contributed by atoms with E-state index >= 15 is 0 Å². The summed E-state index contributed by atoms with van der Waals surface area (Å²) in [7, 11) is 0. The zero-order valence-corrected chi connectivity index (χ0v) is 10.3. The van der Waals surface area contributed by atoms with E-state index in [0.29, 0.717) is 5.02 Å². The van der Waals surface area contributed by atoms with Crippen LogP contribution in [0.25, 0.3) is 0 Å². The third kappa shape index (κ3) is 2.61. The Hall–Kier alpha value is -1.63. The summed E-state index contributed by atoms with van der Waals surface area (Å²) < 4.78 is 18.7. The van der Waals surface area contributed by atoms with E-state index in [1.807, 2.05) is 0 Å². The van der Waals surface area contributed by atoms with Crippen molar-refractivity contribution in [2.75, 3.05) is 5.43 Å². The first-order valence-electron chi connectivity index (χ1n) is 4.73. The molecular formula is C10H7Cl2FN4O. The van der Waals surface area contributed by atoms with Gasteiger partial charge in [0.1, 0.15) is 10.8 Å². The molecule has 0 saturated heterocycles. The molecular weight excluding hydrogens is 282 g/mol. The molecule has 0 fully saturated rings. The minimum absolute atomic E-state index is 0.0181. The van der Waals surface area contributed by atoms with Crippen molar-refractivity contribution in [3.8, 4) is 11.6 Å². The van der Waals surface area contributed by atoms with Crippen LogP contribution in [0.3, 0.4) is 0 Å². The van der Waals surface area contributed by atoms with Crippen LogP contribution in [0.2, 0.25) is 10.0 Å². The van der Waals surface area contributed by atoms with Crippen molar-refractivity contribution in [3.05, 3.63) is 40.3 Å². The van der Waals surface area contributed by atoms with Gasteiger partial charge in [0.25, 0.3) is 5.88 Å². The molecule has 2 rings (SSSR count). The fourth-order valence-electron chi connectivity index (χ4n) is 1.16. The van der Waals surface area contributed by atoms with Gasteiger partial charge in [0.2, 0.25) is 11.8 Å². The summed E-state index contributed by atoms with van der Waals surface area (Å²) in [5.41, 5.74) is 2.18. The van der Waals surface area contributed by atoms with E-state index < -0.39 is 5.82 Å². The maximum atomic E-state index is 13.4. The van der Waals surface area contributed by atoms with Gasteiger partial charge in [0.15, 0.2) is 0 Å². The van der Waals surface area contributed by atoms with Crippen LogP contribution in [0.5, 0.6) is 11.6 Å². The summed E-state index contributed by atoms with van der Waals surface area (Å²) in [5.74, 6) is 4.27. The Morgan fingerprint density at radius 1 is 1.33 bits per heavy atom. The number of nitrogens with one attached hydrogen (secondary N) is 1. The van der Waals surface area contributed by atoms with Gasteiger partial charge in [-0.2, -0.15) is 9.37 Å². The number of benzene rings is 1. The van der Waals surface area contributed by atoms with Gasteiger partial charge >= 0.3 is 0 Å². The summed E-state index contributed by atoms with van der Waals surface area (Å²) in [6, 6.07) is 4.73. The normalized spacial score (nSPS) is 10.2. The lowest BCUT2D eigenvalue weighted by molar-refractivity contribution is 0.421. The van der Waals surface area contributed by atoms with Gasteiger partial charge in [0.05, 0.1) is 11.2 Å². The van der Waals surface area contributed by atoms with Crippen LogP contribution in [-0.4, -0.2) is 9.97 Å². The van der Waals surface area contributed by atoms with E-state index in [0.717, 1.165) is 6.20 Å². The van der Waals surface area contributed by atoms with Crippen molar-refractivity contribution in [1.29, 1.82) is 0 Å². The Morgan fingerprint density at radius 3 is 2.83 bits per heavy atom. The minimum Gasteiger partial charge on any atom is -0.435 e. The highest BCUT2D eigenvalue weighted by atomic mass is 35.5. The third-order valence-electron chi connectivity index (χ3n) is 1.96. The molecule has 0 aliphatic heterocycles. The standard InChI is InChI=1S/C10H7Cl2FN4O/c11-5-2-1-3-7(8(5)12)18-9-6(13)4-15-10(16-9)17-14/h1-4H,14H2,(H,15,16,17). The number of rotatable bonds is 3. The molecule has 0 aliphatic rings. The molecule has 0 atom stereocenters. The average Bonchev–Trinajstić information content (AvgIpc) is 2.37. The maximum absolute atomic E-state index is 13.4. The maximum Gasteiger partial charge on any atom is 0.260 e. The molecule has 0 aliphatic carbocycles. The van der Waals surface area contributed by atoms with Crippen LogP contribution in [0.15, 0.2) is 24.4 Å². The Kier molecular flexibility index (Phi) is 3.81. The second-order valence-electron chi connectivity index (χ2n) is 3.15. The number of nitrogen functional groups attached to an aromatic ring is 1. The lowest BCUT2D eigenvalue weighted by Gasteiger charge is -2.08. The first-order valence-corrected chi connectivity index (χ1v) is 5.48. The van der Waals surface area contributed by atoms with Crippen LogP contribution >= 0.6 is 23.2 Å². The molecule has 0 saturated carbocycles. The van der Waals surface area contributed by atoms with Gasteiger partial charge in [-0.1, -0.05) is 29.3 Å². The second-order valence-corrected chi connectivity index (χ2v) is 3.93. The predicted octanol–water partition coefficient (Wildman–Crippen LogP) is 3.00. The van der Waals surface area contributed by atoms with Gasteiger partial charge in [0, 0.05) is 0 Å². The molecule has 0 unspecified atom stereocenters. The molecule has 3 N–H and O–H groups in total. The number of nitrogens with two attached hydrogens (primary N) is 1. The van der Waals surface area contributed by atoms with E-state index in [1.165, 1.54) is 6.07 Å². The van der Waals surface area contributed by atoms with Crippen molar-refractivity contribution in [2.24, 2.45) is 5.84 Å². The van der Waals surface area contributed by atoms with Crippen molar-refractivity contribution in [1.82, 2.24) is 9.97 Å². The van der Waals surface area contributed by atoms with Crippen molar-refractivity contribution in [2.45, 2.75) is 0 Å². The fourth-order valence-corrected chi connectivity index (χ4v) is 1.49. The first-order chi connectivity index (χ1) is 8.61. The summed E-state index contributed by atoms with van der Waals surface area (Å²) >= 11 is 11.7. The topological polar surface area (TPSA) is 73.1 Å². The van der Waals surface area contributed by atoms with E-state index in [1.54, 1.807) is 12.1 Å². The SMILES string of the molecule is NNc1ncc(F)c(Oc2cccc(Cl)c2Cl)n1. The Labute approximate surface area is 112 Å². The highest BCUT2D eigenvalue weighted by molar-refractivity contribution is 6.42. The summed E-state index contributed by atoms with van der Waals surface area (Å²) in [4.78, 5) is 7.29. The molecule has 1 aromatic carbocycles. The number of anilines is 1. The number of nitrogens with zero attached hydrogens (tertiary/aromatic N) is 2. The molecule has 1 aromatic heterocycles. The molecule has 0 bridgehead atoms. The summed E-state index contributed by atoms with van der Waals surface area (Å²) in [6.45, 7) is 0. The first kappa shape index (κ1) is 12.8. The number of aromatic nitrogens is 2. The Bertz CT molecular complexity index is 582. The van der Waals surface area contributed by atoms with Crippen molar-refractivity contribution < 1.29 is 9.13 Å². The van der Waals surface area contributed by atoms with Crippen molar-refractivity contribution in [3.63, 3.8) is 0 Å². The van der Waals surface area contributed by atoms with Gasteiger partial charge in [-0.25, -0.2) is 10.8 Å². The molecule has 18 heavy (non-hydrogen) atoms. The molecule has 0 radical (unpaired) electrons. The lowest BCUT2D eigenvalue weighted by atomic mass is 10.3. The molecule has 1 heterocycles. The number of hydrogen-bond acceptors (Lipinski definition) is 5. The van der Waals surface area contributed by atoms with Crippen LogP contribution in [-0.2, 0) is 0 Å². The van der Waals surface area contributed by atoms with E-state index in [2.05, 4.69) is 15.4 Å². The monoisotopic (exact) mass is 288 g/mol. The summed E-state index contributed by atoms with van der Waals surface area (Å²) in [6.07, 6.45) is 0.927. The largest absolute Gasteiger partial charge is 0.435 e. The van der Waals surface area contributed by atoms with Gasteiger partial charge in [-0.3, -0.25) is 5.43 Å². The smallest absolute Gasteiger partial charge is 0.260 e. The fraction of sp³-hybridized carbons (Fsp3) is 0. The van der Waals surface area contributed by atoms with Crippen LogP contribution in [0, 0.1) is 5.82 Å². The van der Waals surface area contributed by atoms with E-state index in [-0.39, 0.29) is 22.6 Å². The molecule has 94 valence electrons. The van der Waals surface area contributed by atoms with E-state index in [4.69, 9.17) is 33.8 Å². The average molecular weight is 289 g/mol. The highest BCUT2D eigenvalue weighted by Gasteiger charge is 2.12. The molecule has 5 nitrogen and oxygen atoms in total. The Morgan fingerprint density at radius 2 is 2.11 bits per heavy atom. The molecule has 2 aromatic rings. The number of halogens is 3. The van der Waals surface area contributed by atoms with Gasteiger partial charge < -0.3 is 4.74 Å². The Balaban J connectivity index is 2.36. The molecule has 8 heteroatoms. The van der Waals surface area contributed by atoms with Crippen molar-refractivity contribution >= 4 is 29.2 Å². The predicted molar refractivity (Wildman–Crippen MR) is 66.3 cm³/mol. The van der Waals surface area contributed by atoms with E-state index in [9.17, 15) is 4.39 Å².